The molecule has 3 aliphatic rings. The van der Waals surface area contributed by atoms with Gasteiger partial charge < -0.3 is 21.2 Å². The predicted molar refractivity (Wildman–Crippen MR) is 126 cm³/mol. The molecular formula is C21H36O5Si4. The second-order valence-electron chi connectivity index (χ2n) is 9.61. The molecule has 4 rings (SSSR count). The molecule has 5 nitrogen and oxygen atoms in total. The molecule has 0 bridgehead atoms. The van der Waals surface area contributed by atoms with E-state index in [1.807, 2.05) is 0 Å². The topological polar surface area (TPSA) is 49.5 Å². The first-order chi connectivity index (χ1) is 14.2. The van der Waals surface area contributed by atoms with Gasteiger partial charge in [-0.05, 0) is 81.4 Å². The van der Waals surface area contributed by atoms with Crippen LogP contribution in [0, 0.1) is 5.92 Å². The zero-order valence-corrected chi connectivity index (χ0v) is 23.0. The van der Waals surface area contributed by atoms with Crippen LogP contribution in [-0.4, -0.2) is 47.9 Å². The monoisotopic (exact) mass is 480 g/mol. The van der Waals surface area contributed by atoms with E-state index in [9.17, 15) is 0 Å². The average molecular weight is 481 g/mol. The van der Waals surface area contributed by atoms with E-state index in [2.05, 4.69) is 63.4 Å². The molecule has 0 spiro atoms. The van der Waals surface area contributed by atoms with Gasteiger partial charge in [-0.2, -0.15) is 0 Å². The molecule has 3 fully saturated rings. The quantitative estimate of drug-likeness (QED) is 0.413. The lowest BCUT2D eigenvalue weighted by molar-refractivity contribution is 0.251. The Kier molecular flexibility index (Phi) is 7.23. The highest BCUT2D eigenvalue weighted by atomic mass is 28.5. The fourth-order valence-electron chi connectivity index (χ4n) is 5.16. The van der Waals surface area contributed by atoms with Crippen LogP contribution in [0.2, 0.25) is 38.3 Å². The van der Waals surface area contributed by atoms with Crippen molar-refractivity contribution < 1.29 is 21.2 Å². The van der Waals surface area contributed by atoms with Crippen molar-refractivity contribution in [3.8, 4) is 0 Å². The summed E-state index contributed by atoms with van der Waals surface area (Å²) in [7, 11) is -7.45. The molecule has 2 radical (unpaired) electrons. The molecule has 0 amide bonds. The largest absolute Gasteiger partial charge is 0.415 e. The lowest BCUT2D eigenvalue weighted by Gasteiger charge is -2.41. The van der Waals surface area contributed by atoms with Crippen molar-refractivity contribution in [1.29, 1.82) is 0 Å². The number of rotatable bonds is 6. The van der Waals surface area contributed by atoms with Crippen LogP contribution < -0.4 is 0 Å². The number of hydrogen-bond acceptors (Lipinski definition) is 5. The van der Waals surface area contributed by atoms with Crippen LogP contribution in [0.1, 0.15) is 44.1 Å². The van der Waals surface area contributed by atoms with E-state index in [1.165, 1.54) is 31.2 Å². The van der Waals surface area contributed by atoms with Crippen LogP contribution in [-0.2, 0) is 21.2 Å². The Morgan fingerprint density at radius 3 is 2.20 bits per heavy atom. The molecule has 4 unspecified atom stereocenters. The van der Waals surface area contributed by atoms with Crippen molar-refractivity contribution >= 4 is 35.7 Å². The molecule has 30 heavy (non-hydrogen) atoms. The van der Waals surface area contributed by atoms with E-state index in [-0.39, 0.29) is 0 Å². The number of epoxide rings is 1. The summed E-state index contributed by atoms with van der Waals surface area (Å²) in [5, 5.41) is 0. The Morgan fingerprint density at radius 2 is 1.57 bits per heavy atom. The van der Waals surface area contributed by atoms with Gasteiger partial charge in [0, 0.05) is 0 Å². The van der Waals surface area contributed by atoms with Crippen LogP contribution >= 0.6 is 0 Å². The third-order valence-corrected chi connectivity index (χ3v) is 20.7. The Hall–Kier alpha value is -0.112. The summed E-state index contributed by atoms with van der Waals surface area (Å²) >= 11 is 0. The molecule has 9 heteroatoms. The van der Waals surface area contributed by atoms with E-state index in [1.54, 1.807) is 0 Å². The molecule has 1 aromatic carbocycles. The smallest absolute Gasteiger partial charge is 0.362 e. The van der Waals surface area contributed by atoms with Crippen LogP contribution in [0.3, 0.4) is 0 Å². The van der Waals surface area contributed by atoms with Crippen molar-refractivity contribution in [3.05, 3.63) is 35.9 Å². The van der Waals surface area contributed by atoms with E-state index >= 15 is 0 Å². The molecule has 1 saturated carbocycles. The van der Waals surface area contributed by atoms with Gasteiger partial charge in [0.2, 0.25) is 0 Å². The van der Waals surface area contributed by atoms with Crippen LogP contribution in [0.4, 0.5) is 0 Å². The first kappa shape index (κ1) is 23.1. The van der Waals surface area contributed by atoms with Crippen LogP contribution in [0.15, 0.2) is 30.3 Å². The molecule has 2 aliphatic heterocycles. The summed E-state index contributed by atoms with van der Waals surface area (Å²) < 4.78 is 32.1. The molecule has 0 aromatic heterocycles. The van der Waals surface area contributed by atoms with Gasteiger partial charge in [-0.3, -0.25) is 0 Å². The Balaban J connectivity index is 1.35. The van der Waals surface area contributed by atoms with Crippen molar-refractivity contribution in [2.75, 3.05) is 0 Å². The standard InChI is InChI=1S/C21H36O5Si4/c1-17(19-9-7-6-8-10-19)16-30(5)25-27(2)23-29(4,24-28(3)26-30)14-13-18-11-12-20-21(15-18)22-20/h6-10,17-18,20-21H,11-16H2,1-5H3. The maximum atomic E-state index is 6.61. The number of hydrogen-bond donors (Lipinski definition) is 0. The van der Waals surface area contributed by atoms with E-state index in [4.69, 9.17) is 21.2 Å². The summed E-state index contributed by atoms with van der Waals surface area (Å²) in [6, 6.07) is 12.6. The lowest BCUT2D eigenvalue weighted by Crippen LogP contribution is -2.58. The van der Waals surface area contributed by atoms with Gasteiger partial charge in [0.25, 0.3) is 0 Å². The van der Waals surface area contributed by atoms with Gasteiger partial charge in [-0.1, -0.05) is 37.3 Å². The normalized spacial score (nSPS) is 39.0. The Bertz CT molecular complexity index is 694. The lowest BCUT2D eigenvalue weighted by atomic mass is 9.88. The fraction of sp³-hybridized carbons (Fsp3) is 0.714. The van der Waals surface area contributed by atoms with Crippen LogP contribution in [0.25, 0.3) is 0 Å². The predicted octanol–water partition coefficient (Wildman–Crippen LogP) is 5.21. The van der Waals surface area contributed by atoms with E-state index < -0.39 is 35.7 Å². The molecule has 166 valence electrons. The van der Waals surface area contributed by atoms with Gasteiger partial charge >= 0.3 is 35.7 Å². The zero-order valence-electron chi connectivity index (χ0n) is 19.0. The second-order valence-corrected chi connectivity index (χ2v) is 20.3. The number of fused-ring (bicyclic) bond motifs is 1. The average Bonchev–Trinajstić information content (AvgIpc) is 3.44. The SMILES string of the molecule is CC(C[Si]1(C)O[Si](C)O[Si](C)(CCC2CCC3OC3C2)O[Si](C)O1)c1ccccc1. The first-order valence-electron chi connectivity index (χ1n) is 11.4. The summed E-state index contributed by atoms with van der Waals surface area (Å²) in [4.78, 5) is 0. The maximum Gasteiger partial charge on any atom is 0.362 e. The van der Waals surface area contributed by atoms with Gasteiger partial charge in [0.05, 0.1) is 12.2 Å². The minimum atomic E-state index is -2.37. The molecule has 1 aliphatic carbocycles. The highest BCUT2D eigenvalue weighted by molar-refractivity contribution is 6.85. The van der Waals surface area contributed by atoms with Crippen molar-refractivity contribution in [1.82, 2.24) is 0 Å². The molecule has 0 N–H and O–H groups in total. The summed E-state index contributed by atoms with van der Waals surface area (Å²) in [6.45, 7) is 10.9. The van der Waals surface area contributed by atoms with Gasteiger partial charge in [-0.15, -0.1) is 0 Å². The summed E-state index contributed by atoms with van der Waals surface area (Å²) in [5.74, 6) is 1.15. The van der Waals surface area contributed by atoms with Gasteiger partial charge in [0.15, 0.2) is 0 Å². The first-order valence-corrected chi connectivity index (χ1v) is 20.1. The molecule has 4 atom stereocenters. The molecule has 2 heterocycles. The van der Waals surface area contributed by atoms with Gasteiger partial charge in [0.1, 0.15) is 0 Å². The van der Waals surface area contributed by atoms with Crippen molar-refractivity contribution in [3.63, 3.8) is 0 Å². The highest BCUT2D eigenvalue weighted by Gasteiger charge is 2.48. The second kappa shape index (κ2) is 9.40. The Labute approximate surface area is 187 Å². The highest BCUT2D eigenvalue weighted by Crippen LogP contribution is 2.42. The third-order valence-electron chi connectivity index (χ3n) is 6.60. The summed E-state index contributed by atoms with van der Waals surface area (Å²) in [6.07, 6.45) is 6.03. The molecular weight excluding hydrogens is 445 g/mol. The third kappa shape index (κ3) is 6.02. The van der Waals surface area contributed by atoms with Gasteiger partial charge in [-0.25, -0.2) is 0 Å². The number of ether oxygens (including phenoxy) is 1. The van der Waals surface area contributed by atoms with Crippen molar-refractivity contribution in [2.45, 2.75) is 89.0 Å². The maximum absolute atomic E-state index is 6.61. The molecule has 2 saturated heterocycles. The van der Waals surface area contributed by atoms with E-state index in [0.29, 0.717) is 18.1 Å². The minimum Gasteiger partial charge on any atom is -0.415 e. The van der Waals surface area contributed by atoms with Crippen LogP contribution in [0.5, 0.6) is 0 Å². The van der Waals surface area contributed by atoms with Crippen molar-refractivity contribution in [2.24, 2.45) is 5.92 Å². The minimum absolute atomic E-state index is 0.398. The number of benzene rings is 1. The summed E-state index contributed by atoms with van der Waals surface area (Å²) in [5.41, 5.74) is 1.34. The fourth-order valence-corrected chi connectivity index (χ4v) is 20.8. The zero-order chi connectivity index (χ0) is 21.4. The van der Waals surface area contributed by atoms with E-state index in [0.717, 1.165) is 18.0 Å². The molecule has 1 aromatic rings. The Morgan fingerprint density at radius 1 is 0.933 bits per heavy atom.